The van der Waals surface area contributed by atoms with Gasteiger partial charge in [0.25, 0.3) is 0 Å². The molecule has 1 aromatic carbocycles. The van der Waals surface area contributed by atoms with Crippen LogP contribution >= 0.6 is 12.2 Å². The fourth-order valence-electron chi connectivity index (χ4n) is 2.88. The summed E-state index contributed by atoms with van der Waals surface area (Å²) in [5.74, 6) is 0.981. The van der Waals surface area contributed by atoms with E-state index in [4.69, 9.17) is 17.0 Å². The van der Waals surface area contributed by atoms with Gasteiger partial charge in [-0.2, -0.15) is 0 Å². The molecule has 1 aliphatic heterocycles. The summed E-state index contributed by atoms with van der Waals surface area (Å²) in [4.78, 5) is 17.3. The van der Waals surface area contributed by atoms with Crippen LogP contribution in [-0.4, -0.2) is 40.6 Å². The van der Waals surface area contributed by atoms with E-state index < -0.39 is 0 Å². The van der Waals surface area contributed by atoms with Crippen LogP contribution in [0.15, 0.2) is 18.2 Å². The lowest BCUT2D eigenvalue weighted by molar-refractivity contribution is -0.130. The fraction of sp³-hybridized carbons (Fsp3) is 0.467. The van der Waals surface area contributed by atoms with Crippen LogP contribution in [0, 0.1) is 4.77 Å². The molecule has 6 heteroatoms. The van der Waals surface area contributed by atoms with Gasteiger partial charge in [-0.1, -0.05) is 6.07 Å². The van der Waals surface area contributed by atoms with Gasteiger partial charge in [-0.3, -0.25) is 4.79 Å². The molecule has 1 fully saturated rings. The summed E-state index contributed by atoms with van der Waals surface area (Å²) in [7, 11) is 1.64. The number of likely N-dealkylation sites (tertiary alicyclic amines) is 1. The lowest BCUT2D eigenvalue weighted by Crippen LogP contribution is -2.28. The number of aryl methyl sites for hydroxylation is 1. The lowest BCUT2D eigenvalue weighted by Gasteiger charge is -2.15. The largest absolute Gasteiger partial charge is 0.494 e. The SMILES string of the molecule is COc1cccc2c1[nH]c(=S)n2CCC(=O)N1CCCC1. The Hall–Kier alpha value is -1.82. The molecule has 5 nitrogen and oxygen atoms in total. The van der Waals surface area contributed by atoms with E-state index in [1.165, 1.54) is 0 Å². The van der Waals surface area contributed by atoms with Crippen molar-refractivity contribution >= 4 is 29.2 Å². The van der Waals surface area contributed by atoms with Crippen molar-refractivity contribution in [3.63, 3.8) is 0 Å². The van der Waals surface area contributed by atoms with Gasteiger partial charge in [0.1, 0.15) is 11.3 Å². The number of aromatic nitrogens is 2. The standard InChI is InChI=1S/C15H19N3O2S/c1-20-12-6-4-5-11-14(12)16-15(21)18(11)10-7-13(19)17-8-2-3-9-17/h4-6H,2-3,7-10H2,1H3,(H,16,21). The maximum absolute atomic E-state index is 12.2. The van der Waals surface area contributed by atoms with Gasteiger partial charge < -0.3 is 19.2 Å². The number of ether oxygens (including phenoxy) is 1. The highest BCUT2D eigenvalue weighted by Crippen LogP contribution is 2.24. The minimum Gasteiger partial charge on any atom is -0.494 e. The highest BCUT2D eigenvalue weighted by molar-refractivity contribution is 7.71. The van der Waals surface area contributed by atoms with Crippen LogP contribution < -0.4 is 4.74 Å². The number of nitrogens with zero attached hydrogens (tertiary/aromatic N) is 2. The Morgan fingerprint density at radius 1 is 1.38 bits per heavy atom. The third-order valence-corrected chi connectivity index (χ3v) is 4.32. The van der Waals surface area contributed by atoms with Crippen molar-refractivity contribution in [2.75, 3.05) is 20.2 Å². The second-order valence-corrected chi connectivity index (χ2v) is 5.66. The third kappa shape index (κ3) is 2.68. The van der Waals surface area contributed by atoms with E-state index in [1.807, 2.05) is 27.7 Å². The number of aromatic amines is 1. The van der Waals surface area contributed by atoms with Crippen LogP contribution in [-0.2, 0) is 11.3 Å². The highest BCUT2D eigenvalue weighted by atomic mass is 32.1. The molecule has 1 aliphatic rings. The van der Waals surface area contributed by atoms with E-state index in [0.717, 1.165) is 42.7 Å². The van der Waals surface area contributed by atoms with E-state index in [-0.39, 0.29) is 5.91 Å². The first-order valence-corrected chi connectivity index (χ1v) is 7.65. The Morgan fingerprint density at radius 3 is 2.86 bits per heavy atom. The lowest BCUT2D eigenvalue weighted by atomic mass is 10.3. The second kappa shape index (κ2) is 5.89. The number of carbonyl (C=O) groups excluding carboxylic acids is 1. The second-order valence-electron chi connectivity index (χ2n) is 5.27. The number of hydrogen-bond donors (Lipinski definition) is 1. The minimum atomic E-state index is 0.214. The number of rotatable bonds is 4. The van der Waals surface area contributed by atoms with E-state index in [9.17, 15) is 4.79 Å². The third-order valence-electron chi connectivity index (χ3n) is 4.00. The molecule has 0 bridgehead atoms. The van der Waals surface area contributed by atoms with Crippen molar-refractivity contribution in [1.29, 1.82) is 0 Å². The minimum absolute atomic E-state index is 0.214. The van der Waals surface area contributed by atoms with E-state index in [2.05, 4.69) is 4.98 Å². The smallest absolute Gasteiger partial charge is 0.224 e. The molecule has 0 radical (unpaired) electrons. The van der Waals surface area contributed by atoms with Crippen molar-refractivity contribution in [3.05, 3.63) is 23.0 Å². The number of methoxy groups -OCH3 is 1. The number of hydrogen-bond acceptors (Lipinski definition) is 3. The van der Waals surface area contributed by atoms with Crippen LogP contribution in [0.5, 0.6) is 5.75 Å². The van der Waals surface area contributed by atoms with Gasteiger partial charge in [0.2, 0.25) is 5.91 Å². The highest BCUT2D eigenvalue weighted by Gasteiger charge is 2.18. The van der Waals surface area contributed by atoms with E-state index in [0.29, 0.717) is 17.7 Å². The Balaban J connectivity index is 1.82. The molecule has 1 amide bonds. The van der Waals surface area contributed by atoms with Crippen molar-refractivity contribution in [3.8, 4) is 5.75 Å². The number of benzene rings is 1. The van der Waals surface area contributed by atoms with Gasteiger partial charge in [0.05, 0.1) is 12.6 Å². The number of H-pyrrole nitrogens is 1. The average Bonchev–Trinajstić information content (AvgIpc) is 3.12. The summed E-state index contributed by atoms with van der Waals surface area (Å²) in [6.07, 6.45) is 2.73. The Kier molecular flexibility index (Phi) is 3.96. The first-order chi connectivity index (χ1) is 10.2. The molecular formula is C15H19N3O2S. The van der Waals surface area contributed by atoms with Crippen LogP contribution in [0.4, 0.5) is 0 Å². The van der Waals surface area contributed by atoms with Gasteiger partial charge in [-0.25, -0.2) is 0 Å². The predicted octanol–water partition coefficient (Wildman–Crippen LogP) is 2.72. The molecule has 0 atom stereocenters. The summed E-state index contributed by atoms with van der Waals surface area (Å²) in [6, 6.07) is 5.82. The van der Waals surface area contributed by atoms with Crippen molar-refractivity contribution in [1.82, 2.24) is 14.5 Å². The number of fused-ring (bicyclic) bond motifs is 1. The van der Waals surface area contributed by atoms with Gasteiger partial charge in [0, 0.05) is 26.1 Å². The van der Waals surface area contributed by atoms with Crippen LogP contribution in [0.3, 0.4) is 0 Å². The van der Waals surface area contributed by atoms with Crippen LogP contribution in [0.1, 0.15) is 19.3 Å². The molecule has 0 unspecified atom stereocenters. The molecule has 0 saturated carbocycles. The molecular weight excluding hydrogens is 286 g/mol. The number of amides is 1. The molecule has 21 heavy (non-hydrogen) atoms. The molecule has 2 aromatic rings. The number of imidazole rings is 1. The van der Waals surface area contributed by atoms with E-state index in [1.54, 1.807) is 7.11 Å². The zero-order chi connectivity index (χ0) is 14.8. The first-order valence-electron chi connectivity index (χ1n) is 7.24. The monoisotopic (exact) mass is 305 g/mol. The first kappa shape index (κ1) is 14.1. The number of carbonyl (C=O) groups is 1. The molecule has 2 heterocycles. The summed E-state index contributed by atoms with van der Waals surface area (Å²) in [6.45, 7) is 2.39. The topological polar surface area (TPSA) is 50.3 Å². The molecule has 3 rings (SSSR count). The Bertz CT molecular complexity index is 713. The summed E-state index contributed by atoms with van der Waals surface area (Å²) >= 11 is 5.37. The zero-order valence-electron chi connectivity index (χ0n) is 12.1. The van der Waals surface area contributed by atoms with Gasteiger partial charge in [-0.05, 0) is 37.2 Å². The number of para-hydroxylation sites is 1. The van der Waals surface area contributed by atoms with Crippen molar-refractivity contribution < 1.29 is 9.53 Å². The molecule has 112 valence electrons. The molecule has 1 aromatic heterocycles. The average molecular weight is 305 g/mol. The quantitative estimate of drug-likeness (QED) is 0.884. The molecule has 0 spiro atoms. The molecule has 1 N–H and O–H groups in total. The van der Waals surface area contributed by atoms with Crippen LogP contribution in [0.25, 0.3) is 11.0 Å². The van der Waals surface area contributed by atoms with E-state index >= 15 is 0 Å². The number of nitrogens with one attached hydrogen (secondary N) is 1. The zero-order valence-corrected chi connectivity index (χ0v) is 12.9. The maximum atomic E-state index is 12.2. The Labute approximate surface area is 128 Å². The van der Waals surface area contributed by atoms with Gasteiger partial charge in [0.15, 0.2) is 4.77 Å². The Morgan fingerprint density at radius 2 is 2.14 bits per heavy atom. The molecule has 1 saturated heterocycles. The summed E-state index contributed by atoms with van der Waals surface area (Å²) in [5.41, 5.74) is 1.87. The van der Waals surface area contributed by atoms with Gasteiger partial charge in [-0.15, -0.1) is 0 Å². The summed E-state index contributed by atoms with van der Waals surface area (Å²) in [5, 5.41) is 0. The predicted molar refractivity (Wildman–Crippen MR) is 84.1 cm³/mol. The van der Waals surface area contributed by atoms with Crippen molar-refractivity contribution in [2.24, 2.45) is 0 Å². The summed E-state index contributed by atoms with van der Waals surface area (Å²) < 4.78 is 7.94. The van der Waals surface area contributed by atoms with Gasteiger partial charge >= 0.3 is 0 Å². The maximum Gasteiger partial charge on any atom is 0.224 e. The van der Waals surface area contributed by atoms with Crippen molar-refractivity contribution in [2.45, 2.75) is 25.8 Å². The fourth-order valence-corrected chi connectivity index (χ4v) is 3.17. The normalized spacial score (nSPS) is 14.8. The van der Waals surface area contributed by atoms with Crippen LogP contribution in [0.2, 0.25) is 0 Å². The molecule has 0 aliphatic carbocycles.